The largest absolute Gasteiger partial charge is 0.497 e. The van der Waals surface area contributed by atoms with Crippen molar-refractivity contribution in [3.63, 3.8) is 0 Å². The average Bonchev–Trinajstić information content (AvgIpc) is 2.86. The molecule has 0 radical (unpaired) electrons. The molecule has 2 unspecified atom stereocenters. The summed E-state index contributed by atoms with van der Waals surface area (Å²) in [6, 6.07) is 9.56. The van der Waals surface area contributed by atoms with Crippen LogP contribution in [0.2, 0.25) is 0 Å². The Morgan fingerprint density at radius 1 is 1.37 bits per heavy atom. The monoisotopic (exact) mass is 262 g/mol. The van der Waals surface area contributed by atoms with E-state index < -0.39 is 0 Å². The Balaban J connectivity index is 1.91. The maximum absolute atomic E-state index is 5.21. The predicted molar refractivity (Wildman–Crippen MR) is 79.7 cm³/mol. The van der Waals surface area contributed by atoms with Crippen LogP contribution in [0.4, 0.5) is 0 Å². The number of benzene rings is 1. The number of nitrogens with one attached hydrogen (secondary N) is 1. The molecule has 0 bridgehead atoms. The second kappa shape index (κ2) is 6.92. The van der Waals surface area contributed by atoms with Gasteiger partial charge in [-0.2, -0.15) is 0 Å². The van der Waals surface area contributed by atoms with Crippen LogP contribution in [0.25, 0.3) is 0 Å². The molecule has 19 heavy (non-hydrogen) atoms. The third-order valence-corrected chi connectivity index (χ3v) is 4.20. The molecule has 1 aromatic carbocycles. The molecule has 2 rings (SSSR count). The van der Waals surface area contributed by atoms with E-state index in [4.69, 9.17) is 4.74 Å². The fourth-order valence-electron chi connectivity index (χ4n) is 2.85. The van der Waals surface area contributed by atoms with E-state index in [0.717, 1.165) is 18.7 Å². The number of methoxy groups -OCH3 is 1. The van der Waals surface area contributed by atoms with E-state index in [0.29, 0.717) is 12.1 Å². The van der Waals surface area contributed by atoms with E-state index in [1.165, 1.54) is 24.9 Å². The van der Waals surface area contributed by atoms with E-state index in [9.17, 15) is 0 Å². The van der Waals surface area contributed by atoms with Gasteiger partial charge in [-0.1, -0.05) is 19.1 Å². The molecule has 0 aliphatic carbocycles. The first-order valence-corrected chi connectivity index (χ1v) is 7.32. The molecule has 0 amide bonds. The van der Waals surface area contributed by atoms with Gasteiger partial charge in [-0.05, 0) is 50.6 Å². The highest BCUT2D eigenvalue weighted by molar-refractivity contribution is 5.29. The summed E-state index contributed by atoms with van der Waals surface area (Å²) < 4.78 is 5.21. The van der Waals surface area contributed by atoms with Crippen LogP contribution in [-0.4, -0.2) is 38.2 Å². The molecule has 0 spiro atoms. The summed E-state index contributed by atoms with van der Waals surface area (Å²) in [6.07, 6.45) is 3.77. The van der Waals surface area contributed by atoms with Gasteiger partial charge in [-0.3, -0.25) is 0 Å². The first kappa shape index (κ1) is 14.4. The van der Waals surface area contributed by atoms with Crippen molar-refractivity contribution in [2.45, 2.75) is 38.3 Å². The number of ether oxygens (including phenoxy) is 1. The lowest BCUT2D eigenvalue weighted by atomic mass is 10.0. The van der Waals surface area contributed by atoms with E-state index in [2.05, 4.69) is 36.3 Å². The second-order valence-electron chi connectivity index (χ2n) is 5.42. The van der Waals surface area contributed by atoms with Crippen LogP contribution in [0.5, 0.6) is 5.75 Å². The zero-order valence-corrected chi connectivity index (χ0v) is 12.4. The van der Waals surface area contributed by atoms with Crippen LogP contribution in [-0.2, 0) is 0 Å². The number of hydrogen-bond donors (Lipinski definition) is 1. The number of likely N-dealkylation sites (tertiary alicyclic amines) is 1. The first-order valence-electron chi connectivity index (χ1n) is 7.32. The Morgan fingerprint density at radius 2 is 2.11 bits per heavy atom. The standard InChI is InChI=1S/C16H26N2O/c1-4-16(13-7-9-15(19-3)10-8-13)17-12-14-6-5-11-18(14)2/h7-10,14,16-17H,4-6,11-12H2,1-3H3. The summed E-state index contributed by atoms with van der Waals surface area (Å²) in [5, 5.41) is 3.71. The van der Waals surface area contributed by atoms with E-state index in [1.54, 1.807) is 7.11 Å². The van der Waals surface area contributed by atoms with E-state index in [1.807, 2.05) is 12.1 Å². The molecule has 1 fully saturated rings. The van der Waals surface area contributed by atoms with E-state index in [-0.39, 0.29) is 0 Å². The van der Waals surface area contributed by atoms with Crippen molar-refractivity contribution in [1.82, 2.24) is 10.2 Å². The smallest absolute Gasteiger partial charge is 0.118 e. The second-order valence-corrected chi connectivity index (χ2v) is 5.42. The Hall–Kier alpha value is -1.06. The van der Waals surface area contributed by atoms with Crippen molar-refractivity contribution in [3.05, 3.63) is 29.8 Å². The van der Waals surface area contributed by atoms with Crippen LogP contribution < -0.4 is 10.1 Å². The van der Waals surface area contributed by atoms with Crippen molar-refractivity contribution in [1.29, 1.82) is 0 Å². The lowest BCUT2D eigenvalue weighted by Crippen LogP contribution is -2.37. The lowest BCUT2D eigenvalue weighted by Gasteiger charge is -2.24. The number of rotatable bonds is 6. The van der Waals surface area contributed by atoms with Crippen molar-refractivity contribution in [2.75, 3.05) is 27.2 Å². The molecule has 1 aliphatic rings. The van der Waals surface area contributed by atoms with Gasteiger partial charge in [0.1, 0.15) is 5.75 Å². The quantitative estimate of drug-likeness (QED) is 0.853. The molecule has 1 aliphatic heterocycles. The van der Waals surface area contributed by atoms with Gasteiger partial charge in [0.2, 0.25) is 0 Å². The minimum Gasteiger partial charge on any atom is -0.497 e. The Bertz CT molecular complexity index is 377. The highest BCUT2D eigenvalue weighted by Gasteiger charge is 2.21. The Labute approximate surface area is 116 Å². The minimum absolute atomic E-state index is 0.444. The maximum atomic E-state index is 5.21. The predicted octanol–water partition coefficient (Wildman–Crippen LogP) is 2.83. The summed E-state index contributed by atoms with van der Waals surface area (Å²) in [4.78, 5) is 2.47. The first-order chi connectivity index (χ1) is 9.24. The summed E-state index contributed by atoms with van der Waals surface area (Å²) in [5.74, 6) is 0.925. The zero-order chi connectivity index (χ0) is 13.7. The van der Waals surface area contributed by atoms with Crippen molar-refractivity contribution in [2.24, 2.45) is 0 Å². The van der Waals surface area contributed by atoms with Crippen LogP contribution in [0.1, 0.15) is 37.8 Å². The van der Waals surface area contributed by atoms with Crippen LogP contribution in [0.15, 0.2) is 24.3 Å². The van der Waals surface area contributed by atoms with Gasteiger partial charge in [0.25, 0.3) is 0 Å². The zero-order valence-electron chi connectivity index (χ0n) is 12.4. The summed E-state index contributed by atoms with van der Waals surface area (Å²) in [7, 11) is 3.94. The van der Waals surface area contributed by atoms with Crippen molar-refractivity contribution < 1.29 is 4.74 Å². The normalized spacial score (nSPS) is 21.5. The van der Waals surface area contributed by atoms with Crippen molar-refractivity contribution in [3.8, 4) is 5.75 Å². The molecule has 2 atom stereocenters. The summed E-state index contributed by atoms with van der Waals surface area (Å²) in [5.41, 5.74) is 1.35. The molecule has 0 aromatic heterocycles. The van der Waals surface area contributed by atoms with Gasteiger partial charge in [0, 0.05) is 18.6 Å². The number of hydrogen-bond acceptors (Lipinski definition) is 3. The topological polar surface area (TPSA) is 24.5 Å². The third-order valence-electron chi connectivity index (χ3n) is 4.20. The fourth-order valence-corrected chi connectivity index (χ4v) is 2.85. The van der Waals surface area contributed by atoms with Gasteiger partial charge in [0.15, 0.2) is 0 Å². The van der Waals surface area contributed by atoms with Gasteiger partial charge in [0.05, 0.1) is 7.11 Å². The Kier molecular flexibility index (Phi) is 5.23. The fraction of sp³-hybridized carbons (Fsp3) is 0.625. The van der Waals surface area contributed by atoms with Gasteiger partial charge in [-0.15, -0.1) is 0 Å². The van der Waals surface area contributed by atoms with Crippen LogP contribution in [0, 0.1) is 0 Å². The molecular weight excluding hydrogens is 236 g/mol. The molecule has 3 heteroatoms. The molecule has 106 valence electrons. The summed E-state index contributed by atoms with van der Waals surface area (Å²) in [6.45, 7) is 4.56. The number of nitrogens with zero attached hydrogens (tertiary/aromatic N) is 1. The molecule has 1 saturated heterocycles. The SMILES string of the molecule is CCC(NCC1CCCN1C)c1ccc(OC)cc1. The summed E-state index contributed by atoms with van der Waals surface area (Å²) >= 11 is 0. The van der Waals surface area contributed by atoms with Gasteiger partial charge >= 0.3 is 0 Å². The lowest BCUT2D eigenvalue weighted by molar-refractivity contribution is 0.290. The maximum Gasteiger partial charge on any atom is 0.118 e. The highest BCUT2D eigenvalue weighted by atomic mass is 16.5. The molecule has 1 aromatic rings. The molecule has 3 nitrogen and oxygen atoms in total. The Morgan fingerprint density at radius 3 is 2.63 bits per heavy atom. The van der Waals surface area contributed by atoms with Gasteiger partial charge in [-0.25, -0.2) is 0 Å². The van der Waals surface area contributed by atoms with Crippen LogP contribution in [0.3, 0.4) is 0 Å². The molecule has 0 saturated carbocycles. The van der Waals surface area contributed by atoms with Gasteiger partial charge < -0.3 is 15.0 Å². The molecule has 1 N–H and O–H groups in total. The van der Waals surface area contributed by atoms with Crippen LogP contribution >= 0.6 is 0 Å². The van der Waals surface area contributed by atoms with E-state index >= 15 is 0 Å². The molecule has 1 heterocycles. The number of likely N-dealkylation sites (N-methyl/N-ethyl adjacent to an activating group) is 1. The highest BCUT2D eigenvalue weighted by Crippen LogP contribution is 2.21. The third kappa shape index (κ3) is 3.71. The van der Waals surface area contributed by atoms with Crippen molar-refractivity contribution >= 4 is 0 Å². The molecular formula is C16H26N2O. The average molecular weight is 262 g/mol. The minimum atomic E-state index is 0.444.